The second kappa shape index (κ2) is 5.88. The number of esters is 1. The molecule has 0 unspecified atom stereocenters. The molecule has 1 heterocycles. The van der Waals surface area contributed by atoms with Gasteiger partial charge in [0, 0.05) is 4.88 Å². The number of thiophene rings is 1. The molecule has 0 radical (unpaired) electrons. The van der Waals surface area contributed by atoms with E-state index < -0.39 is 0 Å². The van der Waals surface area contributed by atoms with Gasteiger partial charge >= 0.3 is 5.97 Å². The lowest BCUT2D eigenvalue weighted by Crippen LogP contribution is -2.11. The van der Waals surface area contributed by atoms with Gasteiger partial charge in [0.2, 0.25) is 0 Å². The summed E-state index contributed by atoms with van der Waals surface area (Å²) in [6, 6.07) is 11.6. The molecular formula is C19H24O2S. The van der Waals surface area contributed by atoms with Crippen LogP contribution in [0.3, 0.4) is 0 Å². The molecular weight excluding hydrogens is 292 g/mol. The molecule has 0 aliphatic rings. The van der Waals surface area contributed by atoms with Crippen LogP contribution in [0.15, 0.2) is 36.4 Å². The van der Waals surface area contributed by atoms with Crippen LogP contribution in [0.1, 0.15) is 61.7 Å². The predicted molar refractivity (Wildman–Crippen MR) is 93.1 cm³/mol. The zero-order chi connectivity index (χ0) is 16.5. The second-order valence-corrected chi connectivity index (χ2v) is 8.66. The molecule has 0 aliphatic heterocycles. The maximum absolute atomic E-state index is 12.2. The highest BCUT2D eigenvalue weighted by Crippen LogP contribution is 2.30. The van der Waals surface area contributed by atoms with Gasteiger partial charge in [-0.15, -0.1) is 11.3 Å². The van der Waals surface area contributed by atoms with Crippen LogP contribution in [-0.2, 0) is 10.8 Å². The molecule has 118 valence electrons. The quantitative estimate of drug-likeness (QED) is 0.535. The number of carbonyl (C=O) groups is 1. The molecule has 2 rings (SSSR count). The van der Waals surface area contributed by atoms with Crippen molar-refractivity contribution in [2.24, 2.45) is 0 Å². The van der Waals surface area contributed by atoms with E-state index in [9.17, 15) is 4.79 Å². The molecule has 0 atom stereocenters. The number of rotatable bonds is 2. The molecule has 0 saturated heterocycles. The maximum atomic E-state index is 12.2. The summed E-state index contributed by atoms with van der Waals surface area (Å²) in [7, 11) is 0. The third-order valence-corrected chi connectivity index (χ3v) is 4.97. The number of hydrogen-bond donors (Lipinski definition) is 0. The van der Waals surface area contributed by atoms with Gasteiger partial charge in [0.1, 0.15) is 10.6 Å². The summed E-state index contributed by atoms with van der Waals surface area (Å²) >= 11 is 1.50. The highest BCUT2D eigenvalue weighted by molar-refractivity contribution is 7.14. The Labute approximate surface area is 137 Å². The summed E-state index contributed by atoms with van der Waals surface area (Å²) in [4.78, 5) is 14.1. The lowest BCUT2D eigenvalue weighted by Gasteiger charge is -2.18. The molecule has 0 aliphatic carbocycles. The monoisotopic (exact) mass is 316 g/mol. The van der Waals surface area contributed by atoms with E-state index in [0.29, 0.717) is 10.6 Å². The largest absolute Gasteiger partial charge is 0.422 e. The van der Waals surface area contributed by atoms with E-state index in [1.54, 1.807) is 0 Å². The van der Waals surface area contributed by atoms with Crippen LogP contribution in [0, 0.1) is 0 Å². The van der Waals surface area contributed by atoms with Crippen molar-refractivity contribution in [2.75, 3.05) is 0 Å². The van der Waals surface area contributed by atoms with Crippen LogP contribution in [0.25, 0.3) is 0 Å². The van der Waals surface area contributed by atoms with Crippen LogP contribution < -0.4 is 4.74 Å². The Hall–Kier alpha value is -1.61. The van der Waals surface area contributed by atoms with Gasteiger partial charge in [-0.05, 0) is 40.7 Å². The average Bonchev–Trinajstić information content (AvgIpc) is 2.87. The van der Waals surface area contributed by atoms with Gasteiger partial charge in [-0.25, -0.2) is 4.79 Å². The Bertz CT molecular complexity index is 652. The standard InChI is InChI=1S/C19H24O2S/c1-18(2,3)13-7-9-14(10-8-13)21-17(20)15-11-12-16(22-15)19(4,5)6/h7-12H,1-6H3. The van der Waals surface area contributed by atoms with Gasteiger partial charge in [-0.3, -0.25) is 0 Å². The van der Waals surface area contributed by atoms with E-state index in [1.165, 1.54) is 21.8 Å². The van der Waals surface area contributed by atoms with E-state index in [2.05, 4.69) is 41.5 Å². The molecule has 0 N–H and O–H groups in total. The van der Waals surface area contributed by atoms with Gasteiger partial charge < -0.3 is 4.74 Å². The number of carbonyl (C=O) groups excluding carboxylic acids is 1. The average molecular weight is 316 g/mol. The first-order valence-electron chi connectivity index (χ1n) is 7.50. The van der Waals surface area contributed by atoms with Crippen molar-refractivity contribution in [3.8, 4) is 5.75 Å². The van der Waals surface area contributed by atoms with Gasteiger partial charge in [0.15, 0.2) is 0 Å². The summed E-state index contributed by atoms with van der Waals surface area (Å²) in [5.41, 5.74) is 1.37. The Morgan fingerprint density at radius 3 is 1.91 bits per heavy atom. The van der Waals surface area contributed by atoms with E-state index in [-0.39, 0.29) is 16.8 Å². The zero-order valence-corrected chi connectivity index (χ0v) is 15.0. The smallest absolute Gasteiger partial charge is 0.353 e. The number of hydrogen-bond acceptors (Lipinski definition) is 3. The Morgan fingerprint density at radius 1 is 0.864 bits per heavy atom. The first-order chi connectivity index (χ1) is 10.1. The Kier molecular flexibility index (Phi) is 4.48. The van der Waals surface area contributed by atoms with Crippen LogP contribution in [0.2, 0.25) is 0 Å². The first-order valence-corrected chi connectivity index (χ1v) is 8.32. The topological polar surface area (TPSA) is 26.3 Å². The minimum absolute atomic E-state index is 0.0531. The van der Waals surface area contributed by atoms with Gasteiger partial charge in [-0.2, -0.15) is 0 Å². The molecule has 2 aromatic rings. The van der Waals surface area contributed by atoms with Gasteiger partial charge in [0.25, 0.3) is 0 Å². The van der Waals surface area contributed by atoms with Crippen molar-refractivity contribution in [1.29, 1.82) is 0 Å². The molecule has 0 fully saturated rings. The summed E-state index contributed by atoms with van der Waals surface area (Å²) < 4.78 is 5.47. The van der Waals surface area contributed by atoms with E-state index in [1.807, 2.05) is 36.4 Å². The highest BCUT2D eigenvalue weighted by atomic mass is 32.1. The fraction of sp³-hybridized carbons (Fsp3) is 0.421. The van der Waals surface area contributed by atoms with Crippen molar-refractivity contribution >= 4 is 17.3 Å². The highest BCUT2D eigenvalue weighted by Gasteiger charge is 2.20. The van der Waals surface area contributed by atoms with Gasteiger partial charge in [-0.1, -0.05) is 53.7 Å². The minimum Gasteiger partial charge on any atom is -0.422 e. The second-order valence-electron chi connectivity index (χ2n) is 7.58. The van der Waals surface area contributed by atoms with Crippen molar-refractivity contribution < 1.29 is 9.53 Å². The minimum atomic E-state index is -0.288. The van der Waals surface area contributed by atoms with Crippen LogP contribution in [0.4, 0.5) is 0 Å². The molecule has 1 aromatic heterocycles. The van der Waals surface area contributed by atoms with E-state index in [4.69, 9.17) is 4.74 Å². The summed E-state index contributed by atoms with van der Waals surface area (Å²) in [5.74, 6) is 0.299. The molecule has 0 saturated carbocycles. The third-order valence-electron chi connectivity index (χ3n) is 3.48. The fourth-order valence-electron chi connectivity index (χ4n) is 2.03. The summed E-state index contributed by atoms with van der Waals surface area (Å²) in [6.07, 6.45) is 0. The molecule has 3 heteroatoms. The van der Waals surface area contributed by atoms with Gasteiger partial charge in [0.05, 0.1) is 0 Å². The molecule has 0 amide bonds. The SMILES string of the molecule is CC(C)(C)c1ccc(OC(=O)c2ccc(C(C)(C)C)s2)cc1. The molecule has 2 nitrogen and oxygen atoms in total. The van der Waals surface area contributed by atoms with E-state index >= 15 is 0 Å². The normalized spacial score (nSPS) is 12.3. The maximum Gasteiger partial charge on any atom is 0.353 e. The van der Waals surface area contributed by atoms with Crippen molar-refractivity contribution in [3.63, 3.8) is 0 Å². The zero-order valence-electron chi connectivity index (χ0n) is 14.2. The Balaban J connectivity index is 2.11. The van der Waals surface area contributed by atoms with Crippen molar-refractivity contribution in [2.45, 2.75) is 52.4 Å². The third kappa shape index (κ3) is 3.98. The summed E-state index contributed by atoms with van der Waals surface area (Å²) in [5, 5.41) is 0. The van der Waals surface area contributed by atoms with Crippen molar-refractivity contribution in [1.82, 2.24) is 0 Å². The molecule has 22 heavy (non-hydrogen) atoms. The van der Waals surface area contributed by atoms with Crippen LogP contribution in [-0.4, -0.2) is 5.97 Å². The number of benzene rings is 1. The molecule has 0 spiro atoms. The lowest BCUT2D eigenvalue weighted by molar-refractivity contribution is 0.0740. The summed E-state index contributed by atoms with van der Waals surface area (Å²) in [6.45, 7) is 12.9. The number of ether oxygens (including phenoxy) is 1. The first kappa shape index (κ1) is 16.8. The van der Waals surface area contributed by atoms with Crippen LogP contribution in [0.5, 0.6) is 5.75 Å². The molecule has 0 bridgehead atoms. The lowest BCUT2D eigenvalue weighted by atomic mass is 9.87. The van der Waals surface area contributed by atoms with Crippen LogP contribution >= 0.6 is 11.3 Å². The Morgan fingerprint density at radius 2 is 1.45 bits per heavy atom. The van der Waals surface area contributed by atoms with Crippen molar-refractivity contribution in [3.05, 3.63) is 51.7 Å². The predicted octanol–water partition coefficient (Wildman–Crippen LogP) is 5.56. The molecule has 1 aromatic carbocycles. The fourth-order valence-corrected chi connectivity index (χ4v) is 2.97. The van der Waals surface area contributed by atoms with E-state index in [0.717, 1.165) is 0 Å².